The number of fused-ring (bicyclic) bond motifs is 1. The first-order valence-electron chi connectivity index (χ1n) is 8.37. The molecule has 5 nitrogen and oxygen atoms in total. The van der Waals surface area contributed by atoms with Crippen molar-refractivity contribution < 1.29 is 4.79 Å². The molecule has 0 fully saturated rings. The number of carbonyl (C=O) groups excluding carboxylic acids is 1. The van der Waals surface area contributed by atoms with Crippen molar-refractivity contribution in [2.45, 2.75) is 18.9 Å². The zero-order chi connectivity index (χ0) is 18.1. The molecule has 0 aliphatic carbocycles. The molecular formula is C20H16ClN3O2. The van der Waals surface area contributed by atoms with Gasteiger partial charge < -0.3 is 5.32 Å². The molecule has 0 radical (unpaired) electrons. The molecular weight excluding hydrogens is 350 g/mol. The van der Waals surface area contributed by atoms with E-state index in [4.69, 9.17) is 11.6 Å². The number of carbonyl (C=O) groups is 1. The number of benzene rings is 2. The highest BCUT2D eigenvalue weighted by atomic mass is 35.5. The minimum absolute atomic E-state index is 0.235. The fourth-order valence-electron chi connectivity index (χ4n) is 3.19. The molecule has 0 saturated carbocycles. The number of halogens is 1. The Balaban J connectivity index is 1.74. The maximum absolute atomic E-state index is 12.7. The summed E-state index contributed by atoms with van der Waals surface area (Å²) >= 11 is 6.25. The standard InChI is InChI=1S/C20H16ClN3O2/c21-15-7-3-2-6-14(15)17-10-12-19(25)24(23-17)18-11-9-13-5-1-4-8-16(13)22-20(18)26/h1-8,10,12,18H,9,11H2,(H,22,26)/t18-/m1/s1. The monoisotopic (exact) mass is 365 g/mol. The first kappa shape index (κ1) is 16.5. The van der Waals surface area contributed by atoms with Crippen molar-refractivity contribution in [1.29, 1.82) is 0 Å². The van der Waals surface area contributed by atoms with Gasteiger partial charge in [0.25, 0.3) is 5.56 Å². The van der Waals surface area contributed by atoms with Crippen LogP contribution in [0.5, 0.6) is 0 Å². The number of para-hydroxylation sites is 1. The summed E-state index contributed by atoms with van der Waals surface area (Å²) in [5.41, 5.74) is 2.81. The Labute approximate surface area is 155 Å². The number of nitrogens with zero attached hydrogens (tertiary/aromatic N) is 2. The largest absolute Gasteiger partial charge is 0.324 e. The van der Waals surface area contributed by atoms with Crippen LogP contribution in [0.1, 0.15) is 18.0 Å². The first-order valence-corrected chi connectivity index (χ1v) is 8.75. The molecule has 4 rings (SSSR count). The SMILES string of the molecule is O=C1Nc2ccccc2CC[C@H]1n1nc(-c2ccccc2Cl)ccc1=O. The summed E-state index contributed by atoms with van der Waals surface area (Å²) in [4.78, 5) is 25.1. The summed E-state index contributed by atoms with van der Waals surface area (Å²) < 4.78 is 1.26. The van der Waals surface area contributed by atoms with Gasteiger partial charge in [-0.1, -0.05) is 48.0 Å². The first-order chi connectivity index (χ1) is 12.6. The molecule has 1 aliphatic heterocycles. The molecule has 130 valence electrons. The highest BCUT2D eigenvalue weighted by Crippen LogP contribution is 2.28. The average molecular weight is 366 g/mol. The second-order valence-electron chi connectivity index (χ2n) is 6.18. The Morgan fingerprint density at radius 1 is 1.00 bits per heavy atom. The Hall–Kier alpha value is -2.92. The Kier molecular flexibility index (Phi) is 4.31. The fourth-order valence-corrected chi connectivity index (χ4v) is 3.43. The minimum atomic E-state index is -0.669. The number of hydrogen-bond donors (Lipinski definition) is 1. The normalized spacial score (nSPS) is 16.5. The molecule has 26 heavy (non-hydrogen) atoms. The molecule has 1 atom stereocenters. The zero-order valence-electron chi connectivity index (χ0n) is 13.9. The third kappa shape index (κ3) is 3.02. The van der Waals surface area contributed by atoms with Gasteiger partial charge >= 0.3 is 0 Å². The van der Waals surface area contributed by atoms with Gasteiger partial charge in [-0.25, -0.2) is 4.68 Å². The Morgan fingerprint density at radius 3 is 2.62 bits per heavy atom. The summed E-state index contributed by atoms with van der Waals surface area (Å²) in [6, 6.07) is 17.3. The minimum Gasteiger partial charge on any atom is -0.324 e. The fraction of sp³-hybridized carbons (Fsp3) is 0.150. The van der Waals surface area contributed by atoms with Gasteiger partial charge in [0.2, 0.25) is 5.91 Å². The van der Waals surface area contributed by atoms with Gasteiger partial charge in [0.15, 0.2) is 0 Å². The van der Waals surface area contributed by atoms with Crippen LogP contribution in [-0.2, 0) is 11.2 Å². The number of aryl methyl sites for hydroxylation is 1. The predicted octanol–water partition coefficient (Wildman–Crippen LogP) is 3.69. The molecule has 1 amide bonds. The smallest absolute Gasteiger partial charge is 0.267 e. The van der Waals surface area contributed by atoms with Crippen molar-refractivity contribution in [3.05, 3.63) is 81.6 Å². The van der Waals surface area contributed by atoms with E-state index in [9.17, 15) is 9.59 Å². The highest BCUT2D eigenvalue weighted by Gasteiger charge is 2.27. The third-order valence-corrected chi connectivity index (χ3v) is 4.86. The number of nitrogens with one attached hydrogen (secondary N) is 1. The lowest BCUT2D eigenvalue weighted by Crippen LogP contribution is -2.34. The number of anilines is 1. The van der Waals surface area contributed by atoms with Crippen LogP contribution in [0.25, 0.3) is 11.3 Å². The van der Waals surface area contributed by atoms with Gasteiger partial charge in [0.05, 0.1) is 10.7 Å². The van der Waals surface area contributed by atoms with Gasteiger partial charge in [0.1, 0.15) is 6.04 Å². The highest BCUT2D eigenvalue weighted by molar-refractivity contribution is 6.33. The van der Waals surface area contributed by atoms with Gasteiger partial charge in [-0.2, -0.15) is 5.10 Å². The average Bonchev–Trinajstić information content (AvgIpc) is 2.81. The van der Waals surface area contributed by atoms with Crippen LogP contribution in [-0.4, -0.2) is 15.7 Å². The molecule has 0 unspecified atom stereocenters. The molecule has 1 aromatic heterocycles. The van der Waals surface area contributed by atoms with Crippen molar-refractivity contribution in [1.82, 2.24) is 9.78 Å². The molecule has 0 bridgehead atoms. The van der Waals surface area contributed by atoms with E-state index in [-0.39, 0.29) is 11.5 Å². The second kappa shape index (κ2) is 6.77. The molecule has 3 aromatic rings. The van der Waals surface area contributed by atoms with E-state index in [0.717, 1.165) is 16.8 Å². The van der Waals surface area contributed by atoms with E-state index in [2.05, 4.69) is 10.4 Å². The Bertz CT molecular complexity index is 1040. The summed E-state index contributed by atoms with van der Waals surface area (Å²) in [6.45, 7) is 0. The lowest BCUT2D eigenvalue weighted by Gasteiger charge is -2.16. The molecule has 1 N–H and O–H groups in total. The number of aromatic nitrogens is 2. The van der Waals surface area contributed by atoms with Gasteiger partial charge in [-0.15, -0.1) is 0 Å². The third-order valence-electron chi connectivity index (χ3n) is 4.54. The summed E-state index contributed by atoms with van der Waals surface area (Å²) in [5, 5.41) is 7.89. The zero-order valence-corrected chi connectivity index (χ0v) is 14.6. The van der Waals surface area contributed by atoms with Crippen LogP contribution in [0.15, 0.2) is 65.5 Å². The van der Waals surface area contributed by atoms with Crippen molar-refractivity contribution in [3.8, 4) is 11.3 Å². The van der Waals surface area contributed by atoms with Crippen molar-refractivity contribution in [2.24, 2.45) is 0 Å². The van der Waals surface area contributed by atoms with Crippen LogP contribution in [0, 0.1) is 0 Å². The summed E-state index contributed by atoms with van der Waals surface area (Å²) in [6.07, 6.45) is 1.19. The Morgan fingerprint density at radius 2 is 1.77 bits per heavy atom. The second-order valence-corrected chi connectivity index (χ2v) is 6.59. The van der Waals surface area contributed by atoms with E-state index in [1.807, 2.05) is 42.5 Å². The molecule has 0 spiro atoms. The van der Waals surface area contributed by atoms with Gasteiger partial charge in [0, 0.05) is 17.3 Å². The van der Waals surface area contributed by atoms with E-state index in [1.165, 1.54) is 10.7 Å². The van der Waals surface area contributed by atoms with Crippen LogP contribution in [0.4, 0.5) is 5.69 Å². The van der Waals surface area contributed by atoms with Crippen LogP contribution < -0.4 is 10.9 Å². The number of hydrogen-bond acceptors (Lipinski definition) is 3. The molecule has 0 saturated heterocycles. The maximum Gasteiger partial charge on any atom is 0.267 e. The predicted molar refractivity (Wildman–Crippen MR) is 101 cm³/mol. The van der Waals surface area contributed by atoms with Crippen LogP contribution in [0.2, 0.25) is 5.02 Å². The van der Waals surface area contributed by atoms with E-state index in [1.54, 1.807) is 12.1 Å². The van der Waals surface area contributed by atoms with E-state index < -0.39 is 6.04 Å². The molecule has 2 heterocycles. The van der Waals surface area contributed by atoms with Crippen LogP contribution in [0.3, 0.4) is 0 Å². The van der Waals surface area contributed by atoms with Crippen molar-refractivity contribution in [3.63, 3.8) is 0 Å². The summed E-state index contributed by atoms with van der Waals surface area (Å²) in [5.74, 6) is -0.235. The maximum atomic E-state index is 12.7. The van der Waals surface area contributed by atoms with Gasteiger partial charge in [-0.3, -0.25) is 9.59 Å². The number of amides is 1. The quantitative estimate of drug-likeness (QED) is 0.753. The van der Waals surface area contributed by atoms with E-state index >= 15 is 0 Å². The number of rotatable bonds is 2. The van der Waals surface area contributed by atoms with Crippen molar-refractivity contribution in [2.75, 3.05) is 5.32 Å². The van der Waals surface area contributed by atoms with E-state index in [0.29, 0.717) is 23.6 Å². The molecule has 2 aromatic carbocycles. The summed E-state index contributed by atoms with van der Waals surface area (Å²) in [7, 11) is 0. The van der Waals surface area contributed by atoms with Crippen LogP contribution >= 0.6 is 11.6 Å². The van der Waals surface area contributed by atoms with Crippen molar-refractivity contribution >= 4 is 23.2 Å². The molecule has 1 aliphatic rings. The lowest BCUT2D eigenvalue weighted by molar-refractivity contribution is -0.119. The topological polar surface area (TPSA) is 64.0 Å². The molecule has 6 heteroatoms. The van der Waals surface area contributed by atoms with Gasteiger partial charge in [-0.05, 0) is 36.6 Å². The lowest BCUT2D eigenvalue weighted by atomic mass is 10.1.